The average Bonchev–Trinajstić information content (AvgIpc) is 2.54. The summed E-state index contributed by atoms with van der Waals surface area (Å²) >= 11 is 12.0. The summed E-state index contributed by atoms with van der Waals surface area (Å²) in [6, 6.07) is 15.0. The van der Waals surface area contributed by atoms with Crippen LogP contribution in [0.25, 0.3) is 0 Å². The van der Waals surface area contributed by atoms with Crippen molar-refractivity contribution in [3.8, 4) is 0 Å². The van der Waals surface area contributed by atoms with Gasteiger partial charge in [-0.1, -0.05) is 53.5 Å². The third kappa shape index (κ3) is 3.40. The van der Waals surface area contributed by atoms with Gasteiger partial charge in [-0.15, -0.1) is 0 Å². The van der Waals surface area contributed by atoms with Gasteiger partial charge < -0.3 is 0 Å². The molecular formula is C18H15Cl2NO. The number of carbonyl (C=O) groups is 1. The highest BCUT2D eigenvalue weighted by molar-refractivity contribution is 6.35. The largest absolute Gasteiger partial charge is 0.294 e. The predicted molar refractivity (Wildman–Crippen MR) is 91.4 cm³/mol. The molecule has 0 saturated heterocycles. The van der Waals surface area contributed by atoms with Crippen LogP contribution in [0.4, 0.5) is 0 Å². The molecular weight excluding hydrogens is 317 g/mol. The van der Waals surface area contributed by atoms with Gasteiger partial charge in [-0.25, -0.2) is 0 Å². The lowest BCUT2D eigenvalue weighted by atomic mass is 9.86. The zero-order valence-electron chi connectivity index (χ0n) is 11.9. The summed E-state index contributed by atoms with van der Waals surface area (Å²) in [5.74, 6) is 0.0231. The van der Waals surface area contributed by atoms with Gasteiger partial charge in [-0.05, 0) is 36.6 Å². The summed E-state index contributed by atoms with van der Waals surface area (Å²) in [6.45, 7) is 0.676. The van der Waals surface area contributed by atoms with E-state index in [0.717, 1.165) is 17.7 Å². The molecule has 2 aromatic carbocycles. The molecule has 22 heavy (non-hydrogen) atoms. The van der Waals surface area contributed by atoms with Crippen molar-refractivity contribution in [1.29, 1.82) is 0 Å². The molecule has 0 saturated carbocycles. The number of carbonyl (C=O) groups excluding carboxylic acids is 1. The maximum Gasteiger partial charge on any atom is 0.166 e. The lowest BCUT2D eigenvalue weighted by molar-refractivity contribution is 0.0916. The van der Waals surface area contributed by atoms with Crippen LogP contribution in [0.15, 0.2) is 53.5 Å². The Kier molecular flexibility index (Phi) is 4.60. The number of hydrogen-bond donors (Lipinski definition) is 0. The van der Waals surface area contributed by atoms with Gasteiger partial charge in [0.1, 0.15) is 0 Å². The molecule has 0 amide bonds. The lowest BCUT2D eigenvalue weighted by Crippen LogP contribution is -2.24. The quantitative estimate of drug-likeness (QED) is 0.721. The summed E-state index contributed by atoms with van der Waals surface area (Å²) in [4.78, 5) is 17.3. The Balaban J connectivity index is 1.81. The van der Waals surface area contributed by atoms with E-state index in [1.54, 1.807) is 18.2 Å². The van der Waals surface area contributed by atoms with Gasteiger partial charge in [0.05, 0.1) is 0 Å². The number of halogens is 2. The first-order valence-corrected chi connectivity index (χ1v) is 7.98. The van der Waals surface area contributed by atoms with Gasteiger partial charge in [0, 0.05) is 33.8 Å². The normalized spacial score (nSPS) is 17.9. The molecule has 0 fully saturated rings. The minimum atomic E-state index is -0.0674. The van der Waals surface area contributed by atoms with Gasteiger partial charge in [-0.3, -0.25) is 9.79 Å². The Morgan fingerprint density at radius 3 is 2.41 bits per heavy atom. The molecule has 0 bridgehead atoms. The molecule has 1 atom stereocenters. The highest BCUT2D eigenvalue weighted by atomic mass is 35.5. The van der Waals surface area contributed by atoms with Crippen LogP contribution >= 0.6 is 23.2 Å². The second kappa shape index (κ2) is 6.64. The first-order chi connectivity index (χ1) is 10.6. The molecule has 0 spiro atoms. The van der Waals surface area contributed by atoms with Crippen LogP contribution in [-0.4, -0.2) is 18.0 Å². The van der Waals surface area contributed by atoms with Gasteiger partial charge in [-0.2, -0.15) is 0 Å². The van der Waals surface area contributed by atoms with E-state index in [1.165, 1.54) is 0 Å². The van der Waals surface area contributed by atoms with Crippen molar-refractivity contribution in [3.63, 3.8) is 0 Å². The molecule has 4 heteroatoms. The van der Waals surface area contributed by atoms with Crippen molar-refractivity contribution in [2.24, 2.45) is 10.9 Å². The monoisotopic (exact) mass is 331 g/mol. The highest BCUT2D eigenvalue weighted by Crippen LogP contribution is 2.26. The maximum absolute atomic E-state index is 12.7. The predicted octanol–water partition coefficient (Wildman–Crippen LogP) is 5.08. The van der Waals surface area contributed by atoms with Crippen LogP contribution in [0.1, 0.15) is 28.8 Å². The lowest BCUT2D eigenvalue weighted by Gasteiger charge is -2.21. The van der Waals surface area contributed by atoms with Crippen molar-refractivity contribution in [3.05, 3.63) is 69.7 Å². The summed E-state index contributed by atoms with van der Waals surface area (Å²) in [6.07, 6.45) is 1.42. The zero-order chi connectivity index (χ0) is 15.5. The minimum Gasteiger partial charge on any atom is -0.294 e. The van der Waals surface area contributed by atoms with Crippen molar-refractivity contribution in [1.82, 2.24) is 0 Å². The molecule has 1 aliphatic heterocycles. The van der Waals surface area contributed by atoms with Gasteiger partial charge >= 0.3 is 0 Å². The molecule has 1 heterocycles. The Morgan fingerprint density at radius 1 is 1.05 bits per heavy atom. The van der Waals surface area contributed by atoms with Crippen molar-refractivity contribution in [2.75, 3.05) is 6.54 Å². The first-order valence-electron chi connectivity index (χ1n) is 7.22. The van der Waals surface area contributed by atoms with Gasteiger partial charge in [0.25, 0.3) is 0 Å². The summed E-state index contributed by atoms with van der Waals surface area (Å²) in [5, 5.41) is 0.979. The molecule has 0 aromatic heterocycles. The molecule has 1 unspecified atom stereocenters. The molecule has 112 valence electrons. The standard InChI is InChI=1S/C18H15Cl2NO/c19-15-8-14(9-16(20)11-15)18(22)13-6-7-21-17(10-13)12-4-2-1-3-5-12/h1-5,8-9,11,13H,6-7,10H2. The minimum absolute atomic E-state index is 0.0674. The Labute approximate surface area is 139 Å². The smallest absolute Gasteiger partial charge is 0.166 e. The fourth-order valence-electron chi connectivity index (χ4n) is 2.75. The van der Waals surface area contributed by atoms with Crippen LogP contribution in [0.2, 0.25) is 10.0 Å². The van der Waals surface area contributed by atoms with Gasteiger partial charge in [0.2, 0.25) is 0 Å². The van der Waals surface area contributed by atoms with Crippen LogP contribution in [-0.2, 0) is 0 Å². The molecule has 1 aliphatic rings. The van der Waals surface area contributed by atoms with E-state index in [1.807, 2.05) is 30.3 Å². The van der Waals surface area contributed by atoms with Crippen LogP contribution in [0.3, 0.4) is 0 Å². The van der Waals surface area contributed by atoms with E-state index >= 15 is 0 Å². The molecule has 0 radical (unpaired) electrons. The Hall–Kier alpha value is -1.64. The number of rotatable bonds is 3. The Bertz CT molecular complexity index is 705. The molecule has 0 N–H and O–H groups in total. The van der Waals surface area contributed by atoms with Crippen LogP contribution < -0.4 is 0 Å². The number of benzene rings is 2. The summed E-state index contributed by atoms with van der Waals surface area (Å²) in [5.41, 5.74) is 2.67. The average molecular weight is 332 g/mol. The second-order valence-electron chi connectivity index (χ2n) is 5.41. The SMILES string of the molecule is O=C(c1cc(Cl)cc(Cl)c1)C1CCN=C(c2ccccc2)C1. The third-order valence-corrected chi connectivity index (χ3v) is 4.28. The van der Waals surface area contributed by atoms with Crippen molar-refractivity contribution < 1.29 is 4.79 Å². The van der Waals surface area contributed by atoms with Crippen LogP contribution in [0, 0.1) is 5.92 Å². The van der Waals surface area contributed by atoms with E-state index in [2.05, 4.69) is 4.99 Å². The van der Waals surface area contributed by atoms with Gasteiger partial charge in [0.15, 0.2) is 5.78 Å². The number of hydrogen-bond acceptors (Lipinski definition) is 2. The fourth-order valence-corrected chi connectivity index (χ4v) is 3.28. The topological polar surface area (TPSA) is 29.4 Å². The van der Waals surface area contributed by atoms with E-state index in [9.17, 15) is 4.79 Å². The number of ketones is 1. The third-order valence-electron chi connectivity index (χ3n) is 3.84. The number of nitrogens with zero attached hydrogens (tertiary/aromatic N) is 1. The number of Topliss-reactive ketones (excluding diaryl/α,β-unsaturated/α-hetero) is 1. The van der Waals surface area contributed by atoms with Crippen molar-refractivity contribution >= 4 is 34.7 Å². The fraction of sp³-hybridized carbons (Fsp3) is 0.222. The van der Waals surface area contributed by atoms with E-state index in [4.69, 9.17) is 23.2 Å². The van der Waals surface area contributed by atoms with Crippen LogP contribution in [0.5, 0.6) is 0 Å². The number of aliphatic imine (C=N–C) groups is 1. The highest BCUT2D eigenvalue weighted by Gasteiger charge is 2.25. The zero-order valence-corrected chi connectivity index (χ0v) is 13.4. The summed E-state index contributed by atoms with van der Waals surface area (Å²) < 4.78 is 0. The van der Waals surface area contributed by atoms with E-state index in [-0.39, 0.29) is 11.7 Å². The van der Waals surface area contributed by atoms with E-state index < -0.39 is 0 Å². The first kappa shape index (κ1) is 15.3. The maximum atomic E-state index is 12.7. The molecule has 0 aliphatic carbocycles. The summed E-state index contributed by atoms with van der Waals surface area (Å²) in [7, 11) is 0. The molecule has 2 aromatic rings. The Morgan fingerprint density at radius 2 is 1.73 bits per heavy atom. The molecule has 3 rings (SSSR count). The molecule has 2 nitrogen and oxygen atoms in total. The van der Waals surface area contributed by atoms with Crippen molar-refractivity contribution in [2.45, 2.75) is 12.8 Å². The van der Waals surface area contributed by atoms with E-state index in [0.29, 0.717) is 28.6 Å². The second-order valence-corrected chi connectivity index (χ2v) is 6.28.